The molecule has 0 unspecified atom stereocenters. The molecule has 9 heteroatoms. The van der Waals surface area contributed by atoms with Crippen LogP contribution in [0.25, 0.3) is 5.52 Å². The number of hydrogen-bond donors (Lipinski definition) is 1. The van der Waals surface area contributed by atoms with Crippen molar-refractivity contribution in [1.29, 1.82) is 0 Å². The van der Waals surface area contributed by atoms with Gasteiger partial charge < -0.3 is 14.6 Å². The standard InChI is InChI=1S/C27H31F2N5O2/c1-17(34-14-27(2,3)15-34)25(35)31-23-13-32(8-6-21(23)18-9-19(28)11-20(29)10-18)26(36)22-5-4-7-33-16-30-12-24(22)33/h4-5,7,9-12,16-17,21,23H,6,8,13-15H2,1-3H3,(H,31,35)/t17-,21+,23-/m1/s1. The van der Waals surface area contributed by atoms with Crippen molar-refractivity contribution < 1.29 is 18.4 Å². The topological polar surface area (TPSA) is 70.0 Å². The monoisotopic (exact) mass is 495 g/mol. The molecule has 2 aliphatic rings. The van der Waals surface area contributed by atoms with E-state index in [0.29, 0.717) is 29.6 Å². The number of nitrogens with one attached hydrogen (secondary N) is 1. The second-order valence-electron chi connectivity index (χ2n) is 10.8. The third-order valence-electron chi connectivity index (χ3n) is 7.41. The molecule has 3 aromatic rings. The largest absolute Gasteiger partial charge is 0.350 e. The fraction of sp³-hybridized carbons (Fsp3) is 0.444. The molecule has 36 heavy (non-hydrogen) atoms. The number of carbonyl (C=O) groups excluding carboxylic acids is 2. The van der Waals surface area contributed by atoms with Crippen LogP contribution in [0.15, 0.2) is 49.1 Å². The van der Waals surface area contributed by atoms with Crippen LogP contribution in [0.2, 0.25) is 0 Å². The molecule has 1 N–H and O–H groups in total. The van der Waals surface area contributed by atoms with Gasteiger partial charge in [-0.25, -0.2) is 13.8 Å². The van der Waals surface area contributed by atoms with E-state index in [1.165, 1.54) is 12.1 Å². The molecule has 2 saturated heterocycles. The maximum atomic E-state index is 14.1. The summed E-state index contributed by atoms with van der Waals surface area (Å²) in [6.45, 7) is 8.48. The van der Waals surface area contributed by atoms with Crippen LogP contribution in [-0.2, 0) is 4.79 Å². The van der Waals surface area contributed by atoms with Crippen molar-refractivity contribution >= 4 is 17.3 Å². The number of imidazole rings is 1. The lowest BCUT2D eigenvalue weighted by atomic mass is 9.82. The molecule has 3 atom stereocenters. The first-order chi connectivity index (χ1) is 17.1. The van der Waals surface area contributed by atoms with Gasteiger partial charge in [-0.05, 0) is 48.6 Å². The van der Waals surface area contributed by atoms with Crippen molar-refractivity contribution in [2.45, 2.75) is 45.2 Å². The van der Waals surface area contributed by atoms with Gasteiger partial charge in [0, 0.05) is 44.4 Å². The SMILES string of the molecule is C[C@H](C(=O)N[C@@H]1CN(C(=O)c2cccn3cncc23)CC[C@H]1c1cc(F)cc(F)c1)N1CC(C)(C)C1. The zero-order valence-corrected chi connectivity index (χ0v) is 20.7. The van der Waals surface area contributed by atoms with Gasteiger partial charge in [0.1, 0.15) is 11.6 Å². The molecular weight excluding hydrogens is 464 g/mol. The summed E-state index contributed by atoms with van der Waals surface area (Å²) in [7, 11) is 0. The molecule has 4 heterocycles. The van der Waals surface area contributed by atoms with E-state index in [2.05, 4.69) is 29.0 Å². The molecule has 5 rings (SSSR count). The number of amides is 2. The fourth-order valence-corrected chi connectivity index (χ4v) is 5.57. The lowest BCUT2D eigenvalue weighted by Crippen LogP contribution is -2.62. The smallest absolute Gasteiger partial charge is 0.256 e. The molecule has 2 aromatic heterocycles. The average Bonchev–Trinajstić information content (AvgIpc) is 3.30. The predicted molar refractivity (Wildman–Crippen MR) is 132 cm³/mol. The number of rotatable bonds is 5. The molecule has 190 valence electrons. The summed E-state index contributed by atoms with van der Waals surface area (Å²) in [5.41, 5.74) is 1.89. The van der Waals surface area contributed by atoms with Crippen molar-refractivity contribution in [3.8, 4) is 0 Å². The van der Waals surface area contributed by atoms with Gasteiger partial charge in [-0.1, -0.05) is 13.8 Å². The third-order valence-corrected chi connectivity index (χ3v) is 7.41. The van der Waals surface area contributed by atoms with E-state index in [1.807, 2.05) is 13.1 Å². The maximum absolute atomic E-state index is 14.1. The summed E-state index contributed by atoms with van der Waals surface area (Å²) in [6, 6.07) is 6.20. The van der Waals surface area contributed by atoms with Crippen LogP contribution >= 0.6 is 0 Å². The number of fused-ring (bicyclic) bond motifs is 1. The average molecular weight is 496 g/mol. The van der Waals surface area contributed by atoms with E-state index in [9.17, 15) is 18.4 Å². The van der Waals surface area contributed by atoms with Gasteiger partial charge in [0.25, 0.3) is 5.91 Å². The molecule has 7 nitrogen and oxygen atoms in total. The number of piperidine rings is 1. The first-order valence-corrected chi connectivity index (χ1v) is 12.3. The molecular formula is C27H31F2N5O2. The summed E-state index contributed by atoms with van der Waals surface area (Å²) in [5.74, 6) is -1.95. The third kappa shape index (κ3) is 4.72. The summed E-state index contributed by atoms with van der Waals surface area (Å²) < 4.78 is 29.9. The van der Waals surface area contributed by atoms with E-state index in [-0.39, 0.29) is 35.7 Å². The van der Waals surface area contributed by atoms with Crippen LogP contribution in [0.1, 0.15) is 49.0 Å². The van der Waals surface area contributed by atoms with Crippen LogP contribution in [-0.4, -0.2) is 69.3 Å². The Morgan fingerprint density at radius 3 is 2.58 bits per heavy atom. The van der Waals surface area contributed by atoms with Crippen LogP contribution in [0.4, 0.5) is 8.78 Å². The van der Waals surface area contributed by atoms with E-state index >= 15 is 0 Å². The van der Waals surface area contributed by atoms with Crippen molar-refractivity contribution in [3.63, 3.8) is 0 Å². The zero-order valence-electron chi connectivity index (χ0n) is 20.7. The molecule has 2 amide bonds. The minimum Gasteiger partial charge on any atom is -0.350 e. The van der Waals surface area contributed by atoms with E-state index < -0.39 is 17.7 Å². The Morgan fingerprint density at radius 2 is 1.89 bits per heavy atom. The van der Waals surface area contributed by atoms with Gasteiger partial charge >= 0.3 is 0 Å². The highest BCUT2D eigenvalue weighted by Crippen LogP contribution is 2.33. The molecule has 0 radical (unpaired) electrons. The van der Waals surface area contributed by atoms with Crippen LogP contribution in [0, 0.1) is 17.0 Å². The predicted octanol–water partition coefficient (Wildman–Crippen LogP) is 3.46. The first-order valence-electron chi connectivity index (χ1n) is 12.3. The second kappa shape index (κ2) is 9.28. The zero-order chi connectivity index (χ0) is 25.6. The Balaban J connectivity index is 1.39. The molecule has 0 spiro atoms. The normalized spacial score (nSPS) is 22.8. The Kier molecular flexibility index (Phi) is 6.28. The van der Waals surface area contributed by atoms with E-state index in [1.54, 1.807) is 34.0 Å². The highest BCUT2D eigenvalue weighted by atomic mass is 19.1. The van der Waals surface area contributed by atoms with Gasteiger partial charge in [-0.3, -0.25) is 14.5 Å². The number of benzene rings is 1. The molecule has 2 aliphatic heterocycles. The second-order valence-corrected chi connectivity index (χ2v) is 10.8. The molecule has 0 saturated carbocycles. The fourth-order valence-electron chi connectivity index (χ4n) is 5.57. The number of nitrogens with zero attached hydrogens (tertiary/aromatic N) is 4. The van der Waals surface area contributed by atoms with Crippen molar-refractivity contribution in [2.75, 3.05) is 26.2 Å². The maximum Gasteiger partial charge on any atom is 0.256 e. The number of aromatic nitrogens is 2. The summed E-state index contributed by atoms with van der Waals surface area (Å²) in [4.78, 5) is 34.7. The van der Waals surface area contributed by atoms with Crippen LogP contribution in [0.3, 0.4) is 0 Å². The van der Waals surface area contributed by atoms with Crippen molar-refractivity contribution in [2.24, 2.45) is 5.41 Å². The molecule has 1 aromatic carbocycles. The van der Waals surface area contributed by atoms with Gasteiger partial charge in [-0.15, -0.1) is 0 Å². The number of pyridine rings is 1. The van der Waals surface area contributed by atoms with Crippen LogP contribution in [0.5, 0.6) is 0 Å². The summed E-state index contributed by atoms with van der Waals surface area (Å²) in [5, 5.41) is 3.11. The van der Waals surface area contributed by atoms with Gasteiger partial charge in [0.2, 0.25) is 5.91 Å². The molecule has 0 bridgehead atoms. The van der Waals surface area contributed by atoms with Crippen molar-refractivity contribution in [3.05, 3.63) is 71.8 Å². The summed E-state index contributed by atoms with van der Waals surface area (Å²) in [6.07, 6.45) is 5.57. The van der Waals surface area contributed by atoms with E-state index in [4.69, 9.17) is 0 Å². The van der Waals surface area contributed by atoms with Crippen molar-refractivity contribution in [1.82, 2.24) is 24.5 Å². The lowest BCUT2D eigenvalue weighted by molar-refractivity contribution is -0.131. The Bertz CT molecular complexity index is 1280. The highest BCUT2D eigenvalue weighted by Gasteiger charge is 2.41. The quantitative estimate of drug-likeness (QED) is 0.589. The molecule has 0 aliphatic carbocycles. The lowest BCUT2D eigenvalue weighted by Gasteiger charge is -2.49. The number of hydrogen-bond acceptors (Lipinski definition) is 4. The first kappa shape index (κ1) is 24.4. The number of halogens is 2. The number of carbonyl (C=O) groups is 2. The van der Waals surface area contributed by atoms with Gasteiger partial charge in [0.05, 0.1) is 35.7 Å². The summed E-state index contributed by atoms with van der Waals surface area (Å²) >= 11 is 0. The minimum atomic E-state index is -0.655. The van der Waals surface area contributed by atoms with Gasteiger partial charge in [-0.2, -0.15) is 0 Å². The Labute approximate surface area is 209 Å². The Hall–Kier alpha value is -3.33. The number of likely N-dealkylation sites (tertiary alicyclic amines) is 2. The molecule has 2 fully saturated rings. The minimum absolute atomic E-state index is 0.149. The van der Waals surface area contributed by atoms with Crippen LogP contribution < -0.4 is 5.32 Å². The van der Waals surface area contributed by atoms with Gasteiger partial charge in [0.15, 0.2) is 0 Å². The van der Waals surface area contributed by atoms with E-state index in [0.717, 1.165) is 19.2 Å². The Morgan fingerprint density at radius 1 is 1.17 bits per heavy atom. The highest BCUT2D eigenvalue weighted by molar-refractivity contribution is 6.00.